The van der Waals surface area contributed by atoms with Gasteiger partial charge in [0, 0.05) is 18.5 Å². The van der Waals surface area contributed by atoms with Gasteiger partial charge in [0.25, 0.3) is 5.91 Å². The van der Waals surface area contributed by atoms with E-state index in [0.29, 0.717) is 18.7 Å². The normalized spacial score (nSPS) is 15.2. The molecule has 1 aromatic rings. The number of benzene rings is 1. The zero-order valence-electron chi connectivity index (χ0n) is 11.6. The molecule has 1 amide bonds. The van der Waals surface area contributed by atoms with Crippen molar-refractivity contribution in [3.05, 3.63) is 42.0 Å². The Morgan fingerprint density at radius 1 is 1.50 bits per heavy atom. The van der Waals surface area contributed by atoms with Crippen molar-refractivity contribution < 1.29 is 14.3 Å². The Hall–Kier alpha value is -2.10. The summed E-state index contributed by atoms with van der Waals surface area (Å²) in [6.07, 6.45) is 3.43. The molecule has 0 spiro atoms. The zero-order valence-corrected chi connectivity index (χ0v) is 11.6. The third-order valence-electron chi connectivity index (χ3n) is 3.33. The van der Waals surface area contributed by atoms with Crippen molar-refractivity contribution in [2.75, 3.05) is 6.54 Å². The van der Waals surface area contributed by atoms with Crippen LogP contribution in [0.15, 0.2) is 30.9 Å². The van der Waals surface area contributed by atoms with Crippen LogP contribution in [0.3, 0.4) is 0 Å². The van der Waals surface area contributed by atoms with Crippen molar-refractivity contribution in [1.82, 2.24) is 5.32 Å². The van der Waals surface area contributed by atoms with Crippen molar-refractivity contribution in [3.8, 4) is 5.75 Å². The van der Waals surface area contributed by atoms with E-state index in [1.54, 1.807) is 25.1 Å². The lowest BCUT2D eigenvalue weighted by Crippen LogP contribution is -2.36. The minimum Gasteiger partial charge on any atom is -0.481 e. The molecule has 0 radical (unpaired) electrons. The SMILES string of the molecule is C=CCNC(=O)C(C)Oc1ccc2c(c1)CCCC2=O. The average molecular weight is 273 g/mol. The quantitative estimate of drug-likeness (QED) is 0.837. The zero-order chi connectivity index (χ0) is 14.5. The minimum absolute atomic E-state index is 0.182. The second kappa shape index (κ2) is 6.37. The number of fused-ring (bicyclic) bond motifs is 1. The maximum Gasteiger partial charge on any atom is 0.261 e. The number of carbonyl (C=O) groups excluding carboxylic acids is 2. The first-order valence-corrected chi connectivity index (χ1v) is 6.83. The first kappa shape index (κ1) is 14.3. The van der Waals surface area contributed by atoms with E-state index in [4.69, 9.17) is 4.74 Å². The van der Waals surface area contributed by atoms with Gasteiger partial charge >= 0.3 is 0 Å². The summed E-state index contributed by atoms with van der Waals surface area (Å²) in [7, 11) is 0. The van der Waals surface area contributed by atoms with Gasteiger partial charge in [-0.3, -0.25) is 9.59 Å². The molecule has 0 saturated heterocycles. The highest BCUT2D eigenvalue weighted by Crippen LogP contribution is 2.25. The van der Waals surface area contributed by atoms with Gasteiger partial charge in [0.1, 0.15) is 5.75 Å². The van der Waals surface area contributed by atoms with Crippen LogP contribution >= 0.6 is 0 Å². The van der Waals surface area contributed by atoms with Gasteiger partial charge < -0.3 is 10.1 Å². The van der Waals surface area contributed by atoms with E-state index in [2.05, 4.69) is 11.9 Å². The van der Waals surface area contributed by atoms with E-state index in [9.17, 15) is 9.59 Å². The van der Waals surface area contributed by atoms with Crippen molar-refractivity contribution in [2.45, 2.75) is 32.3 Å². The summed E-state index contributed by atoms with van der Waals surface area (Å²) in [5.41, 5.74) is 1.80. The van der Waals surface area contributed by atoms with Gasteiger partial charge in [-0.2, -0.15) is 0 Å². The highest BCUT2D eigenvalue weighted by molar-refractivity contribution is 5.98. The molecule has 1 aliphatic carbocycles. The molecular formula is C16H19NO3. The van der Waals surface area contributed by atoms with Crippen LogP contribution in [0.5, 0.6) is 5.75 Å². The molecule has 4 heteroatoms. The number of hydrogen-bond acceptors (Lipinski definition) is 3. The molecule has 1 aliphatic rings. The Morgan fingerprint density at radius 3 is 3.05 bits per heavy atom. The summed E-state index contributed by atoms with van der Waals surface area (Å²) in [5, 5.41) is 2.69. The Kier molecular flexibility index (Phi) is 4.56. The predicted molar refractivity (Wildman–Crippen MR) is 77.0 cm³/mol. The van der Waals surface area contributed by atoms with E-state index in [-0.39, 0.29) is 11.7 Å². The molecular weight excluding hydrogens is 254 g/mol. The summed E-state index contributed by atoms with van der Waals surface area (Å²) in [5.74, 6) is 0.632. The largest absolute Gasteiger partial charge is 0.481 e. The number of ketones is 1. The standard InChI is InChI=1S/C16H19NO3/c1-3-9-17-16(19)11(2)20-13-7-8-14-12(10-13)5-4-6-15(14)18/h3,7-8,10-11H,1,4-6,9H2,2H3,(H,17,19). The monoisotopic (exact) mass is 273 g/mol. The number of rotatable bonds is 5. The van der Waals surface area contributed by atoms with Crippen LogP contribution in [-0.4, -0.2) is 24.3 Å². The number of aryl methyl sites for hydroxylation is 1. The van der Waals surface area contributed by atoms with Gasteiger partial charge in [0.2, 0.25) is 0 Å². The van der Waals surface area contributed by atoms with Crippen molar-refractivity contribution in [1.29, 1.82) is 0 Å². The second-order valence-corrected chi connectivity index (χ2v) is 4.89. The first-order chi connectivity index (χ1) is 9.61. The molecule has 20 heavy (non-hydrogen) atoms. The van der Waals surface area contributed by atoms with Gasteiger partial charge in [0.05, 0.1) is 0 Å². The minimum atomic E-state index is -0.577. The molecule has 106 valence electrons. The van der Waals surface area contributed by atoms with E-state index < -0.39 is 6.10 Å². The number of hydrogen-bond donors (Lipinski definition) is 1. The summed E-state index contributed by atoms with van der Waals surface area (Å²) in [6.45, 7) is 5.66. The van der Waals surface area contributed by atoms with Crippen LogP contribution in [0, 0.1) is 0 Å². The van der Waals surface area contributed by atoms with Crippen molar-refractivity contribution in [2.24, 2.45) is 0 Å². The fourth-order valence-electron chi connectivity index (χ4n) is 2.27. The Bertz CT molecular complexity index is 537. The van der Waals surface area contributed by atoms with E-state index >= 15 is 0 Å². The molecule has 4 nitrogen and oxygen atoms in total. The third-order valence-corrected chi connectivity index (χ3v) is 3.33. The molecule has 0 aliphatic heterocycles. The van der Waals surface area contributed by atoms with Gasteiger partial charge in [-0.15, -0.1) is 6.58 Å². The maximum absolute atomic E-state index is 11.7. The molecule has 2 rings (SSSR count). The smallest absolute Gasteiger partial charge is 0.261 e. The number of carbonyl (C=O) groups is 2. The van der Waals surface area contributed by atoms with Gasteiger partial charge in [-0.25, -0.2) is 0 Å². The summed E-state index contributed by atoms with van der Waals surface area (Å²) in [4.78, 5) is 23.4. The molecule has 0 bridgehead atoms. The van der Waals surface area contributed by atoms with Gasteiger partial charge in [-0.05, 0) is 43.5 Å². The summed E-state index contributed by atoms with van der Waals surface area (Å²) in [6, 6.07) is 5.41. The Balaban J connectivity index is 2.05. The van der Waals surface area contributed by atoms with Crippen LogP contribution in [0.4, 0.5) is 0 Å². The Morgan fingerprint density at radius 2 is 2.30 bits per heavy atom. The second-order valence-electron chi connectivity index (χ2n) is 4.89. The van der Waals surface area contributed by atoms with E-state index in [1.165, 1.54) is 0 Å². The van der Waals surface area contributed by atoms with Crippen LogP contribution < -0.4 is 10.1 Å². The van der Waals surface area contributed by atoms with Gasteiger partial charge in [-0.1, -0.05) is 6.08 Å². The summed E-state index contributed by atoms with van der Waals surface area (Å²) >= 11 is 0. The Labute approximate surface area is 118 Å². The molecule has 1 unspecified atom stereocenters. The van der Waals surface area contributed by atoms with Crippen molar-refractivity contribution in [3.63, 3.8) is 0 Å². The predicted octanol–water partition coefficient (Wildman–Crippen LogP) is 2.28. The molecule has 1 N–H and O–H groups in total. The number of amides is 1. The molecule has 1 atom stereocenters. The summed E-state index contributed by atoms with van der Waals surface area (Å²) < 4.78 is 5.62. The lowest BCUT2D eigenvalue weighted by atomic mass is 9.90. The molecule has 0 saturated carbocycles. The molecule has 0 aromatic heterocycles. The molecule has 0 heterocycles. The van der Waals surface area contributed by atoms with Crippen LogP contribution in [-0.2, 0) is 11.2 Å². The average Bonchev–Trinajstić information content (AvgIpc) is 2.44. The fraction of sp³-hybridized carbons (Fsp3) is 0.375. The van der Waals surface area contributed by atoms with E-state index in [1.807, 2.05) is 6.07 Å². The third kappa shape index (κ3) is 3.26. The number of Topliss-reactive ketones (excluding diaryl/α,β-unsaturated/α-hetero) is 1. The topological polar surface area (TPSA) is 55.4 Å². The maximum atomic E-state index is 11.7. The van der Waals surface area contributed by atoms with Gasteiger partial charge in [0.15, 0.2) is 11.9 Å². The van der Waals surface area contributed by atoms with Crippen LogP contribution in [0.2, 0.25) is 0 Å². The highest BCUT2D eigenvalue weighted by atomic mass is 16.5. The number of ether oxygens (including phenoxy) is 1. The molecule has 1 aromatic carbocycles. The highest BCUT2D eigenvalue weighted by Gasteiger charge is 2.19. The van der Waals surface area contributed by atoms with Crippen LogP contribution in [0.25, 0.3) is 0 Å². The van der Waals surface area contributed by atoms with Crippen LogP contribution in [0.1, 0.15) is 35.7 Å². The fourth-order valence-corrected chi connectivity index (χ4v) is 2.27. The lowest BCUT2D eigenvalue weighted by Gasteiger charge is -2.18. The molecule has 0 fully saturated rings. The number of nitrogens with one attached hydrogen (secondary N) is 1. The lowest BCUT2D eigenvalue weighted by molar-refractivity contribution is -0.127. The van der Waals surface area contributed by atoms with E-state index in [0.717, 1.165) is 24.0 Å². The van der Waals surface area contributed by atoms with Crippen molar-refractivity contribution >= 4 is 11.7 Å². The first-order valence-electron chi connectivity index (χ1n) is 6.83.